The molecular weight excluding hydrogens is 116 g/mol. The first-order chi connectivity index (χ1) is 3.91. The molecule has 0 radical (unpaired) electrons. The van der Waals surface area contributed by atoms with Crippen molar-refractivity contribution in [1.82, 2.24) is 0 Å². The molecule has 0 atom stereocenters. The van der Waals surface area contributed by atoms with Gasteiger partial charge in [0, 0.05) is 6.42 Å². The van der Waals surface area contributed by atoms with Gasteiger partial charge in [0.05, 0.1) is 5.75 Å². The van der Waals surface area contributed by atoms with Crippen LogP contribution in [-0.2, 0) is 0 Å². The van der Waals surface area contributed by atoms with Crippen LogP contribution in [0.1, 0.15) is 26.2 Å². The molecule has 8 heavy (non-hydrogen) atoms. The van der Waals surface area contributed by atoms with E-state index in [0.29, 0.717) is 5.75 Å². The predicted molar refractivity (Wildman–Crippen MR) is 41.2 cm³/mol. The standard InChI is InChI=1S/C7H12S/c1-2-3-4-5-6-7-8/h8H,2-4,7H2,1H3. The summed E-state index contributed by atoms with van der Waals surface area (Å²) in [6.07, 6.45) is 3.50. The van der Waals surface area contributed by atoms with E-state index in [-0.39, 0.29) is 0 Å². The third-order valence-electron chi connectivity index (χ3n) is 0.859. The van der Waals surface area contributed by atoms with Gasteiger partial charge in [-0.3, -0.25) is 0 Å². The fourth-order valence-electron chi connectivity index (χ4n) is 0.409. The summed E-state index contributed by atoms with van der Waals surface area (Å²) in [5.41, 5.74) is 0. The lowest BCUT2D eigenvalue weighted by Crippen LogP contribution is -1.67. The average molecular weight is 128 g/mol. The van der Waals surface area contributed by atoms with Gasteiger partial charge in [-0.1, -0.05) is 19.3 Å². The topological polar surface area (TPSA) is 0 Å². The van der Waals surface area contributed by atoms with Gasteiger partial charge in [0.25, 0.3) is 0 Å². The minimum atomic E-state index is 0.698. The van der Waals surface area contributed by atoms with Crippen LogP contribution in [0.25, 0.3) is 0 Å². The van der Waals surface area contributed by atoms with Crippen LogP contribution in [0.2, 0.25) is 0 Å². The van der Waals surface area contributed by atoms with Crippen LogP contribution in [0.3, 0.4) is 0 Å². The Hall–Kier alpha value is -0.0900. The van der Waals surface area contributed by atoms with Crippen LogP contribution in [0, 0.1) is 11.8 Å². The summed E-state index contributed by atoms with van der Waals surface area (Å²) < 4.78 is 0. The monoisotopic (exact) mass is 128 g/mol. The van der Waals surface area contributed by atoms with Gasteiger partial charge in [0.15, 0.2) is 0 Å². The Labute approximate surface area is 57.1 Å². The van der Waals surface area contributed by atoms with E-state index >= 15 is 0 Å². The van der Waals surface area contributed by atoms with Crippen molar-refractivity contribution in [3.05, 3.63) is 0 Å². The van der Waals surface area contributed by atoms with Gasteiger partial charge in [-0.25, -0.2) is 0 Å². The predicted octanol–water partition coefficient (Wildman–Crippen LogP) is 2.11. The molecule has 0 aromatic heterocycles. The fourth-order valence-corrected chi connectivity index (χ4v) is 0.521. The van der Waals surface area contributed by atoms with Crippen LogP contribution < -0.4 is 0 Å². The van der Waals surface area contributed by atoms with Crippen molar-refractivity contribution in [3.8, 4) is 11.8 Å². The van der Waals surface area contributed by atoms with Crippen molar-refractivity contribution in [2.75, 3.05) is 5.75 Å². The molecule has 0 saturated heterocycles. The van der Waals surface area contributed by atoms with Crippen molar-refractivity contribution < 1.29 is 0 Å². The summed E-state index contributed by atoms with van der Waals surface area (Å²) in [6, 6.07) is 0. The fraction of sp³-hybridized carbons (Fsp3) is 0.714. The molecule has 46 valence electrons. The molecular formula is C7H12S. The molecule has 0 amide bonds. The Bertz CT molecular complexity index is 86.3. The average Bonchev–Trinajstić information content (AvgIpc) is 1.81. The van der Waals surface area contributed by atoms with Crippen molar-refractivity contribution in [3.63, 3.8) is 0 Å². The van der Waals surface area contributed by atoms with E-state index in [4.69, 9.17) is 0 Å². The van der Waals surface area contributed by atoms with E-state index in [9.17, 15) is 0 Å². The first-order valence-electron chi connectivity index (χ1n) is 2.98. The molecule has 0 aliphatic carbocycles. The van der Waals surface area contributed by atoms with Gasteiger partial charge < -0.3 is 0 Å². The molecule has 0 unspecified atom stereocenters. The minimum absolute atomic E-state index is 0.698. The van der Waals surface area contributed by atoms with Crippen molar-refractivity contribution in [1.29, 1.82) is 0 Å². The van der Waals surface area contributed by atoms with Gasteiger partial charge in [-0.2, -0.15) is 12.6 Å². The van der Waals surface area contributed by atoms with Crippen LogP contribution >= 0.6 is 12.6 Å². The maximum atomic E-state index is 3.95. The summed E-state index contributed by atoms with van der Waals surface area (Å²) in [7, 11) is 0. The summed E-state index contributed by atoms with van der Waals surface area (Å²) in [5.74, 6) is 6.60. The molecule has 0 aliphatic heterocycles. The maximum Gasteiger partial charge on any atom is 0.0517 e. The zero-order valence-electron chi connectivity index (χ0n) is 5.28. The number of rotatable bonds is 2. The lowest BCUT2D eigenvalue weighted by molar-refractivity contribution is 0.828. The van der Waals surface area contributed by atoms with E-state index in [2.05, 4.69) is 31.4 Å². The zero-order chi connectivity index (χ0) is 6.24. The van der Waals surface area contributed by atoms with E-state index in [1.54, 1.807) is 0 Å². The minimum Gasteiger partial charge on any atom is -0.166 e. The van der Waals surface area contributed by atoms with Gasteiger partial charge >= 0.3 is 0 Å². The summed E-state index contributed by atoms with van der Waals surface area (Å²) in [4.78, 5) is 0. The molecule has 0 fully saturated rings. The molecule has 0 heterocycles. The van der Waals surface area contributed by atoms with E-state index in [1.165, 1.54) is 12.8 Å². The zero-order valence-corrected chi connectivity index (χ0v) is 6.17. The Morgan fingerprint density at radius 3 is 2.62 bits per heavy atom. The van der Waals surface area contributed by atoms with Gasteiger partial charge in [0.1, 0.15) is 0 Å². The summed E-state index contributed by atoms with van der Waals surface area (Å²) in [5, 5.41) is 0. The summed E-state index contributed by atoms with van der Waals surface area (Å²) in [6.45, 7) is 2.17. The molecule has 1 heteroatoms. The van der Waals surface area contributed by atoms with Crippen LogP contribution in [0.4, 0.5) is 0 Å². The first kappa shape index (κ1) is 7.91. The molecule has 0 aromatic carbocycles. The smallest absolute Gasteiger partial charge is 0.0517 e. The van der Waals surface area contributed by atoms with Crippen molar-refractivity contribution >= 4 is 12.6 Å². The number of hydrogen-bond acceptors (Lipinski definition) is 1. The highest BCUT2D eigenvalue weighted by molar-refractivity contribution is 7.80. The third kappa shape index (κ3) is 5.91. The van der Waals surface area contributed by atoms with E-state index in [0.717, 1.165) is 6.42 Å². The van der Waals surface area contributed by atoms with E-state index in [1.807, 2.05) is 0 Å². The molecule has 0 rings (SSSR count). The third-order valence-corrected chi connectivity index (χ3v) is 1.02. The quantitative estimate of drug-likeness (QED) is 0.329. The molecule has 0 bridgehead atoms. The molecule has 0 N–H and O–H groups in total. The Kier molecular flexibility index (Phi) is 6.83. The van der Waals surface area contributed by atoms with E-state index < -0.39 is 0 Å². The second-order valence-corrected chi connectivity index (χ2v) is 1.93. The second kappa shape index (κ2) is 6.91. The number of thiol groups is 1. The highest BCUT2D eigenvalue weighted by atomic mass is 32.1. The molecule has 0 aliphatic rings. The largest absolute Gasteiger partial charge is 0.166 e. The lowest BCUT2D eigenvalue weighted by atomic mass is 10.3. The highest BCUT2D eigenvalue weighted by Crippen LogP contribution is 1.89. The molecule has 0 aromatic rings. The Morgan fingerprint density at radius 1 is 1.38 bits per heavy atom. The maximum absolute atomic E-state index is 3.95. The lowest BCUT2D eigenvalue weighted by Gasteiger charge is -1.81. The van der Waals surface area contributed by atoms with Crippen LogP contribution in [0.5, 0.6) is 0 Å². The summed E-state index contributed by atoms with van der Waals surface area (Å²) >= 11 is 3.95. The molecule has 0 spiro atoms. The highest BCUT2D eigenvalue weighted by Gasteiger charge is 1.73. The van der Waals surface area contributed by atoms with Crippen LogP contribution in [0.15, 0.2) is 0 Å². The SMILES string of the molecule is CCCCC#CCS. The Balaban J connectivity index is 2.90. The normalized spacial score (nSPS) is 7.75. The van der Waals surface area contributed by atoms with Gasteiger partial charge in [-0.05, 0) is 6.42 Å². The van der Waals surface area contributed by atoms with Crippen LogP contribution in [-0.4, -0.2) is 5.75 Å². The first-order valence-corrected chi connectivity index (χ1v) is 3.61. The van der Waals surface area contributed by atoms with Gasteiger partial charge in [0.2, 0.25) is 0 Å². The number of hydrogen-bond donors (Lipinski definition) is 1. The van der Waals surface area contributed by atoms with Crippen molar-refractivity contribution in [2.24, 2.45) is 0 Å². The van der Waals surface area contributed by atoms with Crippen molar-refractivity contribution in [2.45, 2.75) is 26.2 Å². The molecule has 0 nitrogen and oxygen atoms in total. The number of unbranched alkanes of at least 4 members (excludes halogenated alkanes) is 2. The van der Waals surface area contributed by atoms with Gasteiger partial charge in [-0.15, -0.1) is 5.92 Å². The Morgan fingerprint density at radius 2 is 2.12 bits per heavy atom. The second-order valence-electron chi connectivity index (χ2n) is 1.62. The molecule has 0 saturated carbocycles.